The number of nitrogens with zero attached hydrogens (tertiary/aromatic N) is 3. The quantitative estimate of drug-likeness (QED) is 0.255. The van der Waals surface area contributed by atoms with E-state index in [4.69, 9.17) is 4.74 Å². The minimum absolute atomic E-state index is 0.0707. The van der Waals surface area contributed by atoms with E-state index in [0.29, 0.717) is 13.2 Å². The molecule has 0 bridgehead atoms. The van der Waals surface area contributed by atoms with Crippen molar-refractivity contribution in [2.75, 3.05) is 45.4 Å². The summed E-state index contributed by atoms with van der Waals surface area (Å²) in [6.07, 6.45) is 5.58. The van der Waals surface area contributed by atoms with Crippen molar-refractivity contribution >= 4 is 26.9 Å². The van der Waals surface area contributed by atoms with E-state index in [-0.39, 0.29) is 12.0 Å². The van der Waals surface area contributed by atoms with E-state index in [1.165, 1.54) is 6.26 Å². The number of hydrogen-bond donors (Lipinski definition) is 3. The number of anilines is 1. The summed E-state index contributed by atoms with van der Waals surface area (Å²) in [6.45, 7) is 2.09. The lowest BCUT2D eigenvalue weighted by atomic mass is 9.98. The van der Waals surface area contributed by atoms with Crippen LogP contribution in [0.4, 0.5) is 5.82 Å². The van der Waals surface area contributed by atoms with Gasteiger partial charge in [0.05, 0.1) is 17.3 Å². The Balaban J connectivity index is 1.47. The summed E-state index contributed by atoms with van der Waals surface area (Å²) in [5.74, 6) is 1.74. The number of H-pyrrole nitrogens is 1. The molecule has 206 valence electrons. The molecule has 1 aliphatic carbocycles. The van der Waals surface area contributed by atoms with Gasteiger partial charge in [0.1, 0.15) is 30.1 Å². The molecule has 3 N–H and O–H groups in total. The molecule has 0 radical (unpaired) electrons. The molecule has 0 aliphatic heterocycles. The fourth-order valence-electron chi connectivity index (χ4n) is 5.27. The van der Waals surface area contributed by atoms with Crippen LogP contribution in [0.5, 0.6) is 5.75 Å². The molecule has 5 rings (SSSR count). The molecular weight excluding hydrogens is 512 g/mol. The largest absolute Gasteiger partial charge is 0.492 e. The summed E-state index contributed by atoms with van der Waals surface area (Å²) in [5.41, 5.74) is 4.79. The maximum atomic E-state index is 11.9. The van der Waals surface area contributed by atoms with Gasteiger partial charge in [-0.1, -0.05) is 36.8 Å². The highest BCUT2D eigenvalue weighted by Gasteiger charge is 2.30. The van der Waals surface area contributed by atoms with Gasteiger partial charge in [-0.25, -0.2) is 23.1 Å². The zero-order valence-electron chi connectivity index (χ0n) is 22.6. The van der Waals surface area contributed by atoms with Crippen molar-refractivity contribution in [3.63, 3.8) is 0 Å². The number of ether oxygens (including phenoxy) is 1. The summed E-state index contributed by atoms with van der Waals surface area (Å²) < 4.78 is 32.4. The molecule has 39 heavy (non-hydrogen) atoms. The van der Waals surface area contributed by atoms with Crippen LogP contribution in [0.25, 0.3) is 33.4 Å². The van der Waals surface area contributed by atoms with Crippen molar-refractivity contribution in [2.45, 2.75) is 25.3 Å². The summed E-state index contributed by atoms with van der Waals surface area (Å²) in [5, 5.41) is 4.44. The van der Waals surface area contributed by atoms with Gasteiger partial charge >= 0.3 is 0 Å². The van der Waals surface area contributed by atoms with Crippen LogP contribution in [0, 0.1) is 5.92 Å². The van der Waals surface area contributed by atoms with Crippen LogP contribution in [0.15, 0.2) is 60.9 Å². The Hall–Kier alpha value is -3.47. The monoisotopic (exact) mass is 548 g/mol. The normalized spacial score (nSPS) is 17.6. The number of nitrogens with one attached hydrogen (secondary N) is 3. The van der Waals surface area contributed by atoms with Gasteiger partial charge < -0.3 is 19.9 Å². The van der Waals surface area contributed by atoms with Crippen LogP contribution < -0.4 is 14.8 Å². The zero-order chi connectivity index (χ0) is 27.4. The molecule has 0 saturated heterocycles. The maximum absolute atomic E-state index is 11.9. The molecule has 2 heterocycles. The lowest BCUT2D eigenvalue weighted by molar-refractivity contribution is 0.261. The van der Waals surface area contributed by atoms with Crippen LogP contribution in [0.1, 0.15) is 19.3 Å². The van der Waals surface area contributed by atoms with E-state index in [1.807, 2.05) is 44.4 Å². The lowest BCUT2D eigenvalue weighted by Gasteiger charge is -2.21. The van der Waals surface area contributed by atoms with Crippen LogP contribution >= 0.6 is 0 Å². The van der Waals surface area contributed by atoms with Crippen LogP contribution in [-0.4, -0.2) is 74.4 Å². The van der Waals surface area contributed by atoms with Crippen LogP contribution in [0.3, 0.4) is 0 Å². The second kappa shape index (κ2) is 11.7. The fourth-order valence-corrected chi connectivity index (χ4v) is 6.13. The minimum Gasteiger partial charge on any atom is -0.492 e. The first kappa shape index (κ1) is 27.1. The number of benzene rings is 2. The van der Waals surface area contributed by atoms with Gasteiger partial charge in [0.2, 0.25) is 10.0 Å². The molecular formula is C29H36N6O3S. The molecule has 1 fully saturated rings. The highest BCUT2D eigenvalue weighted by atomic mass is 32.2. The van der Waals surface area contributed by atoms with Gasteiger partial charge in [-0.05, 0) is 68.2 Å². The molecule has 9 nitrogen and oxygen atoms in total. The van der Waals surface area contributed by atoms with Gasteiger partial charge in [-0.3, -0.25) is 0 Å². The summed E-state index contributed by atoms with van der Waals surface area (Å²) in [6, 6.07) is 18.3. The number of likely N-dealkylation sites (N-methyl/N-ethyl adjacent to an activating group) is 1. The average molecular weight is 549 g/mol. The standard InChI is InChI=1S/C29H36N6O3S/c1-35(2)16-17-38-23-14-12-21(13-15-23)27-25(20-8-5-4-6-9-20)26-28(31-19-32-29(26)33-27)30-18-22-10-7-11-24(22)34-39(3,36)37/h4-6,8-9,12-15,19,22,24,34H,7,10-11,16-18H2,1-3H3,(H2,30,31,32,33)/t22-,24-/m1/s1. The number of rotatable bonds is 11. The molecule has 0 spiro atoms. The minimum atomic E-state index is -3.26. The van der Waals surface area contributed by atoms with Gasteiger partial charge in [0.15, 0.2) is 0 Å². The van der Waals surface area contributed by atoms with Gasteiger partial charge in [-0.15, -0.1) is 0 Å². The molecule has 0 unspecified atom stereocenters. The first-order valence-electron chi connectivity index (χ1n) is 13.3. The smallest absolute Gasteiger partial charge is 0.208 e. The Bertz CT molecular complexity index is 1500. The molecule has 1 saturated carbocycles. The molecule has 2 aromatic heterocycles. The van der Waals surface area contributed by atoms with Crippen molar-refractivity contribution in [2.24, 2.45) is 5.92 Å². The van der Waals surface area contributed by atoms with E-state index in [1.54, 1.807) is 6.33 Å². The third-order valence-electron chi connectivity index (χ3n) is 7.16. The first-order chi connectivity index (χ1) is 18.8. The topological polar surface area (TPSA) is 112 Å². The van der Waals surface area contributed by atoms with Crippen LogP contribution in [0.2, 0.25) is 0 Å². The Morgan fingerprint density at radius 1 is 1.03 bits per heavy atom. The van der Waals surface area contributed by atoms with Crippen molar-refractivity contribution in [1.29, 1.82) is 0 Å². The van der Waals surface area contributed by atoms with E-state index in [2.05, 4.69) is 54.2 Å². The molecule has 2 aromatic carbocycles. The fraction of sp³-hybridized carbons (Fsp3) is 0.379. The molecule has 0 amide bonds. The first-order valence-corrected chi connectivity index (χ1v) is 15.2. The Morgan fingerprint density at radius 3 is 2.51 bits per heavy atom. The highest BCUT2D eigenvalue weighted by molar-refractivity contribution is 7.88. The van der Waals surface area contributed by atoms with E-state index in [0.717, 1.165) is 70.8 Å². The third-order valence-corrected chi connectivity index (χ3v) is 7.89. The molecule has 2 atom stereocenters. The summed E-state index contributed by atoms with van der Waals surface area (Å²) >= 11 is 0. The summed E-state index contributed by atoms with van der Waals surface area (Å²) in [4.78, 5) is 14.8. The van der Waals surface area contributed by atoms with Crippen molar-refractivity contribution in [3.8, 4) is 28.1 Å². The summed E-state index contributed by atoms with van der Waals surface area (Å²) in [7, 11) is 0.792. The van der Waals surface area contributed by atoms with E-state index < -0.39 is 10.0 Å². The SMILES string of the molecule is CN(C)CCOc1ccc(-c2[nH]c3ncnc(NC[C@H]4CCC[C@H]4NS(C)(=O)=O)c3c2-c2ccccc2)cc1. The van der Waals surface area contributed by atoms with Gasteiger partial charge in [0, 0.05) is 24.7 Å². The maximum Gasteiger partial charge on any atom is 0.208 e. The number of sulfonamides is 1. The molecule has 1 aliphatic rings. The predicted molar refractivity (Wildman–Crippen MR) is 156 cm³/mol. The number of aromatic nitrogens is 3. The number of hydrogen-bond acceptors (Lipinski definition) is 7. The molecule has 10 heteroatoms. The van der Waals surface area contributed by atoms with Gasteiger partial charge in [-0.2, -0.15) is 0 Å². The van der Waals surface area contributed by atoms with Crippen molar-refractivity contribution in [1.82, 2.24) is 24.6 Å². The Morgan fingerprint density at radius 2 is 1.79 bits per heavy atom. The second-order valence-corrected chi connectivity index (χ2v) is 12.2. The highest BCUT2D eigenvalue weighted by Crippen LogP contribution is 2.41. The lowest BCUT2D eigenvalue weighted by Crippen LogP contribution is -2.39. The van der Waals surface area contributed by atoms with E-state index in [9.17, 15) is 8.42 Å². The molecule has 4 aromatic rings. The zero-order valence-corrected chi connectivity index (χ0v) is 23.5. The van der Waals surface area contributed by atoms with Gasteiger partial charge in [0.25, 0.3) is 0 Å². The number of aromatic amines is 1. The van der Waals surface area contributed by atoms with Crippen molar-refractivity contribution < 1.29 is 13.2 Å². The van der Waals surface area contributed by atoms with E-state index >= 15 is 0 Å². The van der Waals surface area contributed by atoms with Crippen LogP contribution in [-0.2, 0) is 10.0 Å². The third kappa shape index (κ3) is 6.58. The Kier molecular flexibility index (Phi) is 8.15. The second-order valence-electron chi connectivity index (χ2n) is 10.4. The number of fused-ring (bicyclic) bond motifs is 1. The Labute approximate surface area is 230 Å². The average Bonchev–Trinajstić information content (AvgIpc) is 3.51. The predicted octanol–water partition coefficient (Wildman–Crippen LogP) is 4.36. The van der Waals surface area contributed by atoms with Crippen molar-refractivity contribution in [3.05, 3.63) is 60.9 Å².